The lowest BCUT2D eigenvalue weighted by molar-refractivity contribution is 0.0702. The van der Waals surface area contributed by atoms with Crippen molar-refractivity contribution in [3.05, 3.63) is 69.0 Å². The Bertz CT molecular complexity index is 1420. The van der Waals surface area contributed by atoms with E-state index < -0.39 is 5.97 Å². The van der Waals surface area contributed by atoms with Gasteiger partial charge in [-0.1, -0.05) is 28.9 Å². The molecule has 5 rings (SSSR count). The normalized spacial score (nSPS) is 13.4. The van der Waals surface area contributed by atoms with Crippen LogP contribution in [0.1, 0.15) is 20.8 Å². The second kappa shape index (κ2) is 10.4. The van der Waals surface area contributed by atoms with E-state index in [1.54, 1.807) is 12.1 Å². The summed E-state index contributed by atoms with van der Waals surface area (Å²) >= 11 is 7.15. The number of hydrogen-bond acceptors (Lipinski definition) is 9. The molecule has 11 heteroatoms. The summed E-state index contributed by atoms with van der Waals surface area (Å²) in [5.41, 5.74) is 3.63. The Hall–Kier alpha value is -3.91. The molecule has 0 aliphatic carbocycles. The first-order valence-electron chi connectivity index (χ1n) is 11.0. The Labute approximate surface area is 215 Å². The fourth-order valence-electron chi connectivity index (χ4n) is 3.85. The molecule has 0 bridgehead atoms. The minimum absolute atomic E-state index is 0.0560. The highest BCUT2D eigenvalue weighted by Gasteiger charge is 2.21. The number of pyridine rings is 1. The number of anilines is 1. The van der Waals surface area contributed by atoms with E-state index in [1.807, 2.05) is 24.3 Å². The molecule has 0 spiro atoms. The summed E-state index contributed by atoms with van der Waals surface area (Å²) in [6.07, 6.45) is 1.49. The predicted octanol–water partition coefficient (Wildman–Crippen LogP) is 5.10. The molecule has 0 saturated carbocycles. The van der Waals surface area contributed by atoms with E-state index >= 15 is 0 Å². The number of nitrogens with zero attached hydrogens (tertiary/aromatic N) is 4. The van der Waals surface area contributed by atoms with Crippen molar-refractivity contribution in [3.8, 4) is 34.5 Å². The van der Waals surface area contributed by atoms with Crippen LogP contribution in [0.5, 0.6) is 5.88 Å². The molecule has 1 aliphatic heterocycles. The number of carboxylic acids is 1. The number of benzene rings is 1. The van der Waals surface area contributed by atoms with E-state index in [2.05, 4.69) is 21.1 Å². The molecule has 0 amide bonds. The Kier molecular flexibility index (Phi) is 6.86. The highest BCUT2D eigenvalue weighted by atomic mass is 35.5. The quantitative estimate of drug-likeness (QED) is 0.353. The van der Waals surface area contributed by atoms with Crippen LogP contribution in [0.25, 0.3) is 22.6 Å². The van der Waals surface area contributed by atoms with Crippen molar-refractivity contribution in [1.29, 1.82) is 5.26 Å². The van der Waals surface area contributed by atoms with E-state index in [9.17, 15) is 15.2 Å². The monoisotopic (exact) mass is 522 g/mol. The van der Waals surface area contributed by atoms with Gasteiger partial charge in [0.15, 0.2) is 5.76 Å². The minimum atomic E-state index is -1.07. The summed E-state index contributed by atoms with van der Waals surface area (Å²) < 4.78 is 17.0. The average molecular weight is 523 g/mol. The van der Waals surface area contributed by atoms with E-state index in [1.165, 1.54) is 12.3 Å². The van der Waals surface area contributed by atoms with E-state index in [4.69, 9.17) is 25.6 Å². The largest absolute Gasteiger partial charge is 0.477 e. The molecule has 3 aromatic heterocycles. The van der Waals surface area contributed by atoms with Crippen LogP contribution in [-0.2, 0) is 11.3 Å². The standard InChI is InChI=1S/C25H19ClN4O5S/c26-23-16(11-22(36-23)25(31)32)14-34-24-19(13-27)18(21-5-6-28-35-21)12-20(29-24)15-1-3-17(4-2-15)30-7-9-33-10-8-30/h1-6,11-12H,7-10,14H2,(H,31,32). The Morgan fingerprint density at radius 3 is 2.64 bits per heavy atom. The number of thiophene rings is 1. The number of aromatic carboxylic acids is 1. The summed E-state index contributed by atoms with van der Waals surface area (Å²) in [5, 5.41) is 22.9. The summed E-state index contributed by atoms with van der Waals surface area (Å²) in [4.78, 5) is 18.2. The van der Waals surface area contributed by atoms with Gasteiger partial charge in [-0.3, -0.25) is 0 Å². The third kappa shape index (κ3) is 4.90. The molecule has 1 aromatic carbocycles. The fourth-order valence-corrected chi connectivity index (χ4v) is 4.94. The Morgan fingerprint density at radius 2 is 2.00 bits per heavy atom. The van der Waals surface area contributed by atoms with Gasteiger partial charge in [0.05, 0.1) is 25.1 Å². The summed E-state index contributed by atoms with van der Waals surface area (Å²) in [7, 11) is 0. The van der Waals surface area contributed by atoms with Crippen molar-refractivity contribution < 1.29 is 23.9 Å². The number of halogens is 1. The number of ether oxygens (including phenoxy) is 2. The van der Waals surface area contributed by atoms with Gasteiger partial charge in [0, 0.05) is 41.5 Å². The maximum absolute atomic E-state index is 11.3. The number of carboxylic acid groups (broad SMARTS) is 1. The molecule has 182 valence electrons. The molecule has 1 aliphatic rings. The first-order chi connectivity index (χ1) is 17.5. The molecule has 1 saturated heterocycles. The van der Waals surface area contributed by atoms with Gasteiger partial charge in [-0.05, 0) is 24.3 Å². The maximum Gasteiger partial charge on any atom is 0.345 e. The molecule has 4 aromatic rings. The summed E-state index contributed by atoms with van der Waals surface area (Å²) in [6, 6.07) is 15.0. The van der Waals surface area contributed by atoms with Crippen molar-refractivity contribution >= 4 is 34.6 Å². The smallest absolute Gasteiger partial charge is 0.345 e. The van der Waals surface area contributed by atoms with Gasteiger partial charge in [0.1, 0.15) is 27.5 Å². The number of morpholine rings is 1. The van der Waals surface area contributed by atoms with Gasteiger partial charge in [0.2, 0.25) is 5.88 Å². The molecule has 0 radical (unpaired) electrons. The molecular formula is C25H19ClN4O5S. The first kappa shape index (κ1) is 23.8. The van der Waals surface area contributed by atoms with Crippen LogP contribution >= 0.6 is 22.9 Å². The van der Waals surface area contributed by atoms with Crippen LogP contribution in [0.15, 0.2) is 53.2 Å². The predicted molar refractivity (Wildman–Crippen MR) is 134 cm³/mol. The number of rotatable bonds is 7. The summed E-state index contributed by atoms with van der Waals surface area (Å²) in [5.74, 6) is -0.594. The van der Waals surface area contributed by atoms with Crippen molar-refractivity contribution in [2.24, 2.45) is 0 Å². The van der Waals surface area contributed by atoms with Gasteiger partial charge in [-0.2, -0.15) is 5.26 Å². The lowest BCUT2D eigenvalue weighted by atomic mass is 10.0. The van der Waals surface area contributed by atoms with Crippen molar-refractivity contribution in [2.45, 2.75) is 6.61 Å². The van der Waals surface area contributed by atoms with Gasteiger partial charge in [-0.25, -0.2) is 9.78 Å². The zero-order chi connectivity index (χ0) is 25.1. The highest BCUT2D eigenvalue weighted by molar-refractivity contribution is 7.18. The van der Waals surface area contributed by atoms with Crippen molar-refractivity contribution in [1.82, 2.24) is 10.1 Å². The number of hydrogen-bond donors (Lipinski definition) is 1. The van der Waals surface area contributed by atoms with Gasteiger partial charge in [-0.15, -0.1) is 11.3 Å². The van der Waals surface area contributed by atoms with E-state index in [0.717, 1.165) is 35.7 Å². The Morgan fingerprint density at radius 1 is 1.22 bits per heavy atom. The Balaban J connectivity index is 1.50. The van der Waals surface area contributed by atoms with Crippen LogP contribution in [0, 0.1) is 11.3 Å². The molecule has 36 heavy (non-hydrogen) atoms. The van der Waals surface area contributed by atoms with Gasteiger partial charge < -0.3 is 24.0 Å². The van der Waals surface area contributed by atoms with Crippen LogP contribution in [0.4, 0.5) is 5.69 Å². The van der Waals surface area contributed by atoms with Crippen LogP contribution in [0.3, 0.4) is 0 Å². The number of carbonyl (C=O) groups is 1. The molecule has 9 nitrogen and oxygen atoms in total. The molecular weight excluding hydrogens is 504 g/mol. The average Bonchev–Trinajstić information content (AvgIpc) is 3.58. The van der Waals surface area contributed by atoms with Crippen LogP contribution in [-0.4, -0.2) is 47.5 Å². The third-order valence-electron chi connectivity index (χ3n) is 5.67. The SMILES string of the molecule is N#Cc1c(-c2ccno2)cc(-c2ccc(N3CCOCC3)cc2)nc1OCc1cc(C(=O)O)sc1Cl. The summed E-state index contributed by atoms with van der Waals surface area (Å²) in [6.45, 7) is 3.00. The minimum Gasteiger partial charge on any atom is -0.477 e. The van der Waals surface area contributed by atoms with Crippen LogP contribution in [0.2, 0.25) is 4.34 Å². The molecule has 0 unspecified atom stereocenters. The molecule has 4 heterocycles. The second-order valence-electron chi connectivity index (χ2n) is 7.87. The zero-order valence-electron chi connectivity index (χ0n) is 18.8. The number of nitriles is 1. The second-order valence-corrected chi connectivity index (χ2v) is 9.53. The third-order valence-corrected chi connectivity index (χ3v) is 7.10. The lowest BCUT2D eigenvalue weighted by Gasteiger charge is -2.28. The maximum atomic E-state index is 11.3. The van der Waals surface area contributed by atoms with E-state index in [-0.39, 0.29) is 22.9 Å². The van der Waals surface area contributed by atoms with Gasteiger partial charge >= 0.3 is 5.97 Å². The van der Waals surface area contributed by atoms with Crippen molar-refractivity contribution in [2.75, 3.05) is 31.2 Å². The van der Waals surface area contributed by atoms with Crippen LogP contribution < -0.4 is 9.64 Å². The fraction of sp³-hybridized carbons (Fsp3) is 0.200. The molecule has 1 fully saturated rings. The topological polar surface area (TPSA) is 122 Å². The van der Waals surface area contributed by atoms with E-state index in [0.29, 0.717) is 40.1 Å². The first-order valence-corrected chi connectivity index (χ1v) is 12.2. The highest BCUT2D eigenvalue weighted by Crippen LogP contribution is 2.35. The van der Waals surface area contributed by atoms with Crippen molar-refractivity contribution in [3.63, 3.8) is 0 Å². The number of aromatic nitrogens is 2. The van der Waals surface area contributed by atoms with Gasteiger partial charge in [0.25, 0.3) is 0 Å². The lowest BCUT2D eigenvalue weighted by Crippen LogP contribution is -2.36. The zero-order valence-corrected chi connectivity index (χ0v) is 20.4. The molecule has 0 atom stereocenters. The molecule has 1 N–H and O–H groups in total.